The molecule has 0 spiro atoms. The van der Waals surface area contributed by atoms with Crippen molar-refractivity contribution in [3.05, 3.63) is 41.5 Å². The van der Waals surface area contributed by atoms with Crippen LogP contribution in [0.5, 0.6) is 0 Å². The van der Waals surface area contributed by atoms with E-state index in [9.17, 15) is 9.90 Å². The van der Waals surface area contributed by atoms with E-state index in [-0.39, 0.29) is 18.6 Å². The highest BCUT2D eigenvalue weighted by Crippen LogP contribution is 2.21. The number of carbonyl (C=O) groups is 1. The van der Waals surface area contributed by atoms with Gasteiger partial charge in [0, 0.05) is 19.2 Å². The fraction of sp³-hybridized carbons (Fsp3) is 0.471. The molecule has 114 valence electrons. The Morgan fingerprint density at radius 2 is 2.29 bits per heavy atom. The lowest BCUT2D eigenvalue weighted by atomic mass is 10.0. The van der Waals surface area contributed by atoms with Crippen LogP contribution in [0.4, 0.5) is 0 Å². The summed E-state index contributed by atoms with van der Waals surface area (Å²) in [6, 6.07) is 7.99. The first-order valence-electron chi connectivity index (χ1n) is 7.22. The van der Waals surface area contributed by atoms with Crippen LogP contribution in [-0.2, 0) is 9.53 Å². The highest BCUT2D eigenvalue weighted by Gasteiger charge is 2.34. The van der Waals surface area contributed by atoms with Gasteiger partial charge in [-0.1, -0.05) is 29.8 Å². The van der Waals surface area contributed by atoms with Gasteiger partial charge in [-0.05, 0) is 32.4 Å². The quantitative estimate of drug-likeness (QED) is 0.866. The van der Waals surface area contributed by atoms with Gasteiger partial charge in [-0.2, -0.15) is 0 Å². The van der Waals surface area contributed by atoms with Crippen molar-refractivity contribution in [2.45, 2.75) is 32.5 Å². The van der Waals surface area contributed by atoms with Gasteiger partial charge in [0.2, 0.25) is 5.91 Å². The standard InChI is InChI=1S/C17H23NO3/c1-13-5-4-6-14(9-13)7-8-16(20)18-10-15(11-19)21-17(2,3)12-18/h4-9,15,19H,10-12H2,1-3H3/b8-7+. The molecule has 2 rings (SSSR count). The van der Waals surface area contributed by atoms with E-state index in [4.69, 9.17) is 4.74 Å². The molecule has 0 aliphatic carbocycles. The van der Waals surface area contributed by atoms with E-state index >= 15 is 0 Å². The van der Waals surface area contributed by atoms with E-state index in [0.717, 1.165) is 11.1 Å². The van der Waals surface area contributed by atoms with E-state index in [0.29, 0.717) is 13.1 Å². The molecule has 0 saturated carbocycles. The van der Waals surface area contributed by atoms with E-state index in [1.807, 2.05) is 51.1 Å². The third-order valence-corrected chi connectivity index (χ3v) is 3.46. The van der Waals surface area contributed by atoms with Crippen LogP contribution in [0.2, 0.25) is 0 Å². The Labute approximate surface area is 126 Å². The number of morpholine rings is 1. The molecular formula is C17H23NO3. The number of carbonyl (C=O) groups excluding carboxylic acids is 1. The van der Waals surface area contributed by atoms with Gasteiger partial charge in [-0.3, -0.25) is 4.79 Å². The summed E-state index contributed by atoms with van der Waals surface area (Å²) >= 11 is 0. The molecule has 1 fully saturated rings. The molecule has 1 aromatic rings. The van der Waals surface area contributed by atoms with Gasteiger partial charge in [-0.15, -0.1) is 0 Å². The zero-order valence-corrected chi connectivity index (χ0v) is 12.9. The summed E-state index contributed by atoms with van der Waals surface area (Å²) in [6.45, 7) is 6.76. The second-order valence-electron chi connectivity index (χ2n) is 6.15. The fourth-order valence-corrected chi connectivity index (χ4v) is 2.61. The molecule has 1 aromatic carbocycles. The van der Waals surface area contributed by atoms with Gasteiger partial charge in [0.15, 0.2) is 0 Å². The second kappa shape index (κ2) is 6.41. The Hall–Kier alpha value is -1.65. The maximum atomic E-state index is 12.3. The van der Waals surface area contributed by atoms with Crippen LogP contribution in [0, 0.1) is 6.92 Å². The lowest BCUT2D eigenvalue weighted by Gasteiger charge is -2.41. The Bertz CT molecular complexity index is 537. The molecule has 4 nitrogen and oxygen atoms in total. The number of benzene rings is 1. The molecule has 0 bridgehead atoms. The molecule has 1 saturated heterocycles. The van der Waals surface area contributed by atoms with E-state index in [1.165, 1.54) is 0 Å². The molecule has 1 atom stereocenters. The van der Waals surface area contributed by atoms with Gasteiger partial charge in [0.25, 0.3) is 0 Å². The molecule has 1 N–H and O–H groups in total. The summed E-state index contributed by atoms with van der Waals surface area (Å²) in [6.07, 6.45) is 3.10. The van der Waals surface area contributed by atoms with Crippen molar-refractivity contribution in [3.63, 3.8) is 0 Å². The van der Waals surface area contributed by atoms with Crippen molar-refractivity contribution in [3.8, 4) is 0 Å². The molecule has 1 amide bonds. The maximum absolute atomic E-state index is 12.3. The van der Waals surface area contributed by atoms with Crippen LogP contribution >= 0.6 is 0 Å². The van der Waals surface area contributed by atoms with Crippen LogP contribution in [-0.4, -0.2) is 47.3 Å². The molecule has 1 aliphatic heterocycles. The highest BCUT2D eigenvalue weighted by atomic mass is 16.5. The minimum Gasteiger partial charge on any atom is -0.394 e. The summed E-state index contributed by atoms with van der Waals surface area (Å²) in [5, 5.41) is 9.28. The molecule has 1 unspecified atom stereocenters. The normalized spacial score (nSPS) is 21.7. The fourth-order valence-electron chi connectivity index (χ4n) is 2.61. The largest absolute Gasteiger partial charge is 0.394 e. The SMILES string of the molecule is Cc1cccc(/C=C/C(=O)N2CC(CO)OC(C)(C)C2)c1. The Balaban J connectivity index is 2.05. The minimum atomic E-state index is -0.432. The average molecular weight is 289 g/mol. The molecular weight excluding hydrogens is 266 g/mol. The summed E-state index contributed by atoms with van der Waals surface area (Å²) in [4.78, 5) is 14.0. The van der Waals surface area contributed by atoms with Crippen molar-refractivity contribution in [2.75, 3.05) is 19.7 Å². The monoisotopic (exact) mass is 289 g/mol. The van der Waals surface area contributed by atoms with Gasteiger partial charge < -0.3 is 14.7 Å². The number of aliphatic hydroxyl groups excluding tert-OH is 1. The number of aryl methyl sites for hydroxylation is 1. The van der Waals surface area contributed by atoms with Crippen molar-refractivity contribution < 1.29 is 14.6 Å². The molecule has 0 aromatic heterocycles. The van der Waals surface area contributed by atoms with Crippen LogP contribution in [0.3, 0.4) is 0 Å². The van der Waals surface area contributed by atoms with Crippen LogP contribution in [0.1, 0.15) is 25.0 Å². The third-order valence-electron chi connectivity index (χ3n) is 3.46. The summed E-state index contributed by atoms with van der Waals surface area (Å²) < 4.78 is 5.71. The molecule has 1 heterocycles. The number of aliphatic hydroxyl groups is 1. The number of rotatable bonds is 3. The Morgan fingerprint density at radius 1 is 1.52 bits per heavy atom. The highest BCUT2D eigenvalue weighted by molar-refractivity contribution is 5.92. The van der Waals surface area contributed by atoms with Crippen molar-refractivity contribution in [1.29, 1.82) is 0 Å². The van der Waals surface area contributed by atoms with Gasteiger partial charge in [0.1, 0.15) is 0 Å². The van der Waals surface area contributed by atoms with Crippen LogP contribution < -0.4 is 0 Å². The van der Waals surface area contributed by atoms with Gasteiger partial charge in [0.05, 0.1) is 18.3 Å². The number of amides is 1. The topological polar surface area (TPSA) is 49.8 Å². The predicted molar refractivity (Wildman–Crippen MR) is 82.8 cm³/mol. The molecule has 21 heavy (non-hydrogen) atoms. The van der Waals surface area contributed by atoms with Crippen LogP contribution in [0.15, 0.2) is 30.3 Å². The average Bonchev–Trinajstić information content (AvgIpc) is 2.43. The number of hydrogen-bond acceptors (Lipinski definition) is 3. The first-order valence-corrected chi connectivity index (χ1v) is 7.22. The van der Waals surface area contributed by atoms with E-state index in [1.54, 1.807) is 11.0 Å². The minimum absolute atomic E-state index is 0.0497. The van der Waals surface area contributed by atoms with Crippen molar-refractivity contribution in [2.24, 2.45) is 0 Å². The smallest absolute Gasteiger partial charge is 0.246 e. The molecule has 1 aliphatic rings. The van der Waals surface area contributed by atoms with Gasteiger partial charge in [-0.25, -0.2) is 0 Å². The summed E-state index contributed by atoms with van der Waals surface area (Å²) in [5.41, 5.74) is 1.74. The zero-order valence-electron chi connectivity index (χ0n) is 12.9. The van der Waals surface area contributed by atoms with E-state index in [2.05, 4.69) is 0 Å². The van der Waals surface area contributed by atoms with Crippen molar-refractivity contribution >= 4 is 12.0 Å². The number of hydrogen-bond donors (Lipinski definition) is 1. The predicted octanol–water partition coefficient (Wildman–Crippen LogP) is 2.01. The third kappa shape index (κ3) is 4.41. The Morgan fingerprint density at radius 3 is 2.95 bits per heavy atom. The number of ether oxygens (including phenoxy) is 1. The molecule has 4 heteroatoms. The van der Waals surface area contributed by atoms with E-state index < -0.39 is 5.60 Å². The first-order chi connectivity index (χ1) is 9.89. The lowest BCUT2D eigenvalue weighted by molar-refractivity contribution is -0.163. The van der Waals surface area contributed by atoms with Crippen molar-refractivity contribution in [1.82, 2.24) is 4.90 Å². The summed E-state index contributed by atoms with van der Waals surface area (Å²) in [7, 11) is 0. The van der Waals surface area contributed by atoms with Crippen LogP contribution in [0.25, 0.3) is 6.08 Å². The summed E-state index contributed by atoms with van der Waals surface area (Å²) in [5.74, 6) is -0.0497. The molecule has 0 radical (unpaired) electrons. The first kappa shape index (κ1) is 15.7. The zero-order chi connectivity index (χ0) is 15.5. The number of nitrogens with zero attached hydrogens (tertiary/aromatic N) is 1. The second-order valence-corrected chi connectivity index (χ2v) is 6.15. The lowest BCUT2D eigenvalue weighted by Crippen LogP contribution is -2.55. The van der Waals surface area contributed by atoms with Gasteiger partial charge >= 0.3 is 0 Å². The maximum Gasteiger partial charge on any atom is 0.246 e. The Kier molecular flexibility index (Phi) is 4.80.